The van der Waals surface area contributed by atoms with Gasteiger partial charge in [-0.1, -0.05) is 182 Å². The van der Waals surface area contributed by atoms with E-state index in [1.807, 2.05) is 93.0 Å². The van der Waals surface area contributed by atoms with E-state index >= 15 is 0 Å². The zero-order valence-electron chi connectivity index (χ0n) is 85.0. The number of aromatic nitrogens is 3. The van der Waals surface area contributed by atoms with Crippen molar-refractivity contribution in [2.75, 3.05) is 119 Å². The minimum absolute atomic E-state index is 0.00750. The van der Waals surface area contributed by atoms with Crippen molar-refractivity contribution < 1.29 is 82.3 Å². The smallest absolute Gasteiger partial charge is 0.345 e. The molecule has 1 aliphatic rings. The van der Waals surface area contributed by atoms with Gasteiger partial charge in [-0.25, -0.2) is 0 Å². The Bertz CT molecular complexity index is 5660. The first-order valence-corrected chi connectivity index (χ1v) is 51.0. The molecule has 0 saturated heterocycles. The molecule has 144 heavy (non-hydrogen) atoms. The van der Waals surface area contributed by atoms with Crippen LogP contribution in [0.4, 0.5) is 26.3 Å². The number of Topliss-reactive ketones (excluding diaryl/α,β-unsaturated/α-hetero) is 3. The van der Waals surface area contributed by atoms with Crippen LogP contribution in [0.15, 0.2) is 231 Å². The van der Waals surface area contributed by atoms with Gasteiger partial charge in [0.15, 0.2) is 55.6 Å². The van der Waals surface area contributed by atoms with Gasteiger partial charge >= 0.3 is 12.4 Å². The lowest BCUT2D eigenvalue weighted by Gasteiger charge is -2.34. The van der Waals surface area contributed by atoms with Gasteiger partial charge in [-0.3, -0.25) is 28.8 Å². The number of alkyl halides is 6. The number of carbonyl (C=O) groups is 6. The lowest BCUT2D eigenvalue weighted by atomic mass is 9.84. The molecule has 0 radical (unpaired) electrons. The van der Waals surface area contributed by atoms with Crippen molar-refractivity contribution in [1.29, 1.82) is 0 Å². The van der Waals surface area contributed by atoms with Crippen molar-refractivity contribution in [3.05, 3.63) is 303 Å². The standard InChI is InChI=1S/2C38H48F3N6O2.C38H57N6O2/c2*1-27-9-11-29(12-10-27)25-46-26-30(22-31-6-3-4-8-35(31)46)24-36(48)34(23-28-13-15-32(16-14-28)38(39,40)41)45-37(49)33(44)7-5-19-47(2,20-17-42)21-18-43;1-29-14-16-31(17-15-29)27-43-28-32(25-33-11-6-7-13-36(33)43)26-37(45)35(19-18-30-9-4-3-5-10-30)42-38(46)34(41)12-8-22-44(2,23-20-39)24-21-40/h2*3-4,6,8-16,22,26,33-34H,5,7,17-21,23-25,42-44H2,1-2H3;6-7,11,13-17,25,28,30,34-35H,3-5,8-10,12,18-24,26-27,39-41H2,1-2H3/q3*+1/p+3/t33-,34+;33-,34-;34-,35-/m000/s1. The lowest BCUT2D eigenvalue weighted by Crippen LogP contribution is -2.52. The van der Waals surface area contributed by atoms with Gasteiger partial charge in [0.2, 0.25) is 34.3 Å². The van der Waals surface area contributed by atoms with Crippen molar-refractivity contribution in [3.8, 4) is 0 Å². The fraction of sp³-hybridized carbons (Fsp3) is 0.447. The molecule has 1 saturated carbocycles. The SMILES string of the molecule is Cc1ccc(C[n+]2cc(CC(=O)[C@@H](Cc3ccc(C(F)(F)F)cc3)NC(=O)[C@@H](N)CCC[N+](C)(CCN)CCN)cc3ccccc32)cc1.Cc1ccc(C[n+]2cc(CC(=O)[C@H](CCC3CCCCC3)NC(=O)[C@@H](N)CCC[N+](C)(CCN)CCN)cc3ccccc32)cc1.Cc1ccc(C[n+]2cc(CC(=O)[C@H](Cc3ccc(C(F)(F)F)cc3)NC(=O)[C@@H](N)CCC[N+](C)(CCN)CCN)cc3ccccc32)cc1. The predicted octanol–water partition coefficient (Wildman–Crippen LogP) is 11.5. The Balaban J connectivity index is 0.000000222. The largest absolute Gasteiger partial charge is 0.416 e. The molecule has 3 amide bonds. The number of amides is 3. The number of hydrogen-bond donors (Lipinski definition) is 12. The van der Waals surface area contributed by atoms with Gasteiger partial charge in [-0.2, -0.15) is 40.0 Å². The predicted molar refractivity (Wildman–Crippen MR) is 560 cm³/mol. The highest BCUT2D eigenvalue weighted by Gasteiger charge is 2.36. The molecule has 11 aromatic rings. The number of carbonyl (C=O) groups excluding carboxylic acids is 6. The van der Waals surface area contributed by atoms with Crippen LogP contribution in [0, 0.1) is 26.7 Å². The first kappa shape index (κ1) is 114. The maximum atomic E-state index is 14.0. The molecule has 30 heteroatoms. The van der Waals surface area contributed by atoms with Gasteiger partial charge in [-0.05, 0) is 163 Å². The Hall–Kier alpha value is -11.5. The van der Waals surface area contributed by atoms with Crippen LogP contribution in [0.5, 0.6) is 0 Å². The van der Waals surface area contributed by atoms with Crippen LogP contribution in [0.3, 0.4) is 0 Å². The van der Waals surface area contributed by atoms with E-state index in [1.54, 1.807) is 0 Å². The minimum atomic E-state index is -4.48. The van der Waals surface area contributed by atoms with Crippen molar-refractivity contribution in [3.63, 3.8) is 0 Å². The first-order chi connectivity index (χ1) is 68.8. The number of quaternary nitrogens is 3. The van der Waals surface area contributed by atoms with E-state index in [-0.39, 0.29) is 55.4 Å². The molecule has 0 aliphatic heterocycles. The number of benzene rings is 8. The number of nitrogens with one attached hydrogen (secondary N) is 3. The maximum absolute atomic E-state index is 14.0. The molecule has 0 unspecified atom stereocenters. The number of halogens is 6. The summed E-state index contributed by atoms with van der Waals surface area (Å²) in [7, 11) is 6.30. The molecule has 3 heterocycles. The molecule has 1 fully saturated rings. The molecule has 0 spiro atoms. The second-order valence-corrected chi connectivity index (χ2v) is 40.4. The average Bonchev–Trinajstić information content (AvgIpc) is 0.792. The minimum Gasteiger partial charge on any atom is -0.345 e. The molecule has 774 valence electrons. The second-order valence-electron chi connectivity index (χ2n) is 40.4. The number of pyridine rings is 3. The number of likely N-dealkylation sites (N-methyl/N-ethyl adjacent to an activating group) is 3. The number of fused-ring (bicyclic) bond motifs is 3. The highest BCUT2D eigenvalue weighted by atomic mass is 19.4. The van der Waals surface area contributed by atoms with Gasteiger partial charge in [0.05, 0.1) is 127 Å². The van der Waals surface area contributed by atoms with Crippen LogP contribution in [-0.4, -0.2) is 204 Å². The van der Waals surface area contributed by atoms with Crippen molar-refractivity contribution >= 4 is 67.8 Å². The lowest BCUT2D eigenvalue weighted by molar-refractivity contribution is -0.907. The topological polar surface area (TPSA) is 384 Å². The Kier molecular flexibility index (Phi) is 44.3. The number of nitrogens with two attached hydrogens (primary N) is 9. The summed E-state index contributed by atoms with van der Waals surface area (Å²) < 4.78 is 88.0. The highest BCUT2D eigenvalue weighted by Crippen LogP contribution is 2.33. The van der Waals surface area contributed by atoms with Crippen LogP contribution in [0.25, 0.3) is 32.7 Å². The van der Waals surface area contributed by atoms with Crippen molar-refractivity contribution in [2.45, 2.75) is 205 Å². The zero-order valence-corrected chi connectivity index (χ0v) is 85.0. The van der Waals surface area contributed by atoms with Gasteiger partial charge in [0.25, 0.3) is 0 Å². The summed E-state index contributed by atoms with van der Waals surface area (Å²) in [6, 6.07) is 59.6. The molecule has 8 aromatic carbocycles. The zero-order chi connectivity index (χ0) is 104. The third-order valence-corrected chi connectivity index (χ3v) is 28.1. The summed E-state index contributed by atoms with van der Waals surface area (Å²) in [5, 5.41) is 11.8. The van der Waals surface area contributed by atoms with E-state index in [9.17, 15) is 55.1 Å². The molecule has 3 aromatic heterocycles. The van der Waals surface area contributed by atoms with Crippen LogP contribution in [0.1, 0.15) is 156 Å². The summed E-state index contributed by atoms with van der Waals surface area (Å²) in [6.07, 6.45) is 8.61. The summed E-state index contributed by atoms with van der Waals surface area (Å²) in [6.45, 7) is 18.4. The normalized spacial score (nSPS) is 14.0. The van der Waals surface area contributed by atoms with Crippen molar-refractivity contribution in [2.24, 2.45) is 57.5 Å². The van der Waals surface area contributed by atoms with Gasteiger partial charge < -0.3 is 81.0 Å². The van der Waals surface area contributed by atoms with E-state index in [0.29, 0.717) is 123 Å². The molecule has 12 rings (SSSR count). The molecular formula is C114H156F6N18O6+6. The number of para-hydroxylation sites is 3. The van der Waals surface area contributed by atoms with Crippen LogP contribution < -0.4 is 81.3 Å². The quantitative estimate of drug-likeness (QED) is 0.00957. The monoisotopic (exact) mass is 1990 g/mol. The summed E-state index contributed by atoms with van der Waals surface area (Å²) >= 11 is 0. The molecular weight excluding hydrogens is 1830 g/mol. The summed E-state index contributed by atoms with van der Waals surface area (Å²) in [4.78, 5) is 82.0. The second kappa shape index (κ2) is 55.7. The third-order valence-electron chi connectivity index (χ3n) is 28.1. The number of nitrogens with zero attached hydrogens (tertiary/aromatic N) is 6. The summed E-state index contributed by atoms with van der Waals surface area (Å²) in [5.41, 5.74) is 65.9. The highest BCUT2D eigenvalue weighted by molar-refractivity contribution is 5.95. The fourth-order valence-corrected chi connectivity index (χ4v) is 19.5. The van der Waals surface area contributed by atoms with E-state index < -0.39 is 71.5 Å². The van der Waals surface area contributed by atoms with Crippen LogP contribution >= 0.6 is 0 Å². The number of hydrogen-bond acceptors (Lipinski definition) is 15. The third kappa shape index (κ3) is 36.3. The Labute approximate surface area is 846 Å². The first-order valence-electron chi connectivity index (χ1n) is 51.0. The number of ketones is 3. The van der Waals surface area contributed by atoms with E-state index in [2.05, 4.69) is 161 Å². The Morgan fingerprint density at radius 1 is 0.340 bits per heavy atom. The van der Waals surface area contributed by atoms with E-state index in [1.165, 1.54) is 67.5 Å². The van der Waals surface area contributed by atoms with E-state index in [0.717, 1.165) is 172 Å². The molecule has 24 nitrogen and oxygen atoms in total. The maximum Gasteiger partial charge on any atom is 0.416 e. The molecule has 21 N–H and O–H groups in total. The Morgan fingerprint density at radius 2 is 0.604 bits per heavy atom. The van der Waals surface area contributed by atoms with E-state index in [4.69, 9.17) is 51.6 Å². The van der Waals surface area contributed by atoms with Gasteiger partial charge in [-0.15, -0.1) is 0 Å². The molecule has 6 atom stereocenters. The van der Waals surface area contributed by atoms with Crippen molar-refractivity contribution in [1.82, 2.24) is 16.0 Å². The average molecular weight is 1990 g/mol. The molecule has 1 aliphatic carbocycles. The number of aryl methyl sites for hydroxylation is 3. The van der Waals surface area contributed by atoms with Crippen LogP contribution in [-0.2, 0) is 92.9 Å². The Morgan fingerprint density at radius 3 is 0.882 bits per heavy atom. The van der Waals surface area contributed by atoms with Crippen LogP contribution in [0.2, 0.25) is 0 Å². The fourth-order valence-electron chi connectivity index (χ4n) is 19.5. The van der Waals surface area contributed by atoms with Gasteiger partial charge in [0.1, 0.15) is 0 Å². The van der Waals surface area contributed by atoms with Gasteiger partial charge in [0, 0.05) is 126 Å². The number of rotatable bonds is 52. The molecule has 0 bridgehead atoms. The summed E-state index contributed by atoms with van der Waals surface area (Å²) in [5.74, 6) is -1.08.